The van der Waals surface area contributed by atoms with Gasteiger partial charge < -0.3 is 4.57 Å². The van der Waals surface area contributed by atoms with Crippen molar-refractivity contribution in [2.75, 3.05) is 5.33 Å². The zero-order valence-electron chi connectivity index (χ0n) is 13.2. The van der Waals surface area contributed by atoms with Gasteiger partial charge in [0.05, 0.1) is 0 Å². The minimum Gasteiger partial charge on any atom is -0.335 e. The van der Waals surface area contributed by atoms with Gasteiger partial charge in [-0.25, -0.2) is 0 Å². The van der Waals surface area contributed by atoms with Crippen molar-refractivity contribution in [2.45, 2.75) is 18.8 Å². The van der Waals surface area contributed by atoms with E-state index in [9.17, 15) is 5.26 Å². The van der Waals surface area contributed by atoms with Crippen molar-refractivity contribution in [3.8, 4) is 6.07 Å². The normalized spacial score (nSPS) is 12.2. The predicted molar refractivity (Wildman–Crippen MR) is 98.9 cm³/mol. The summed E-state index contributed by atoms with van der Waals surface area (Å²) in [5.41, 5.74) is 4.34. The van der Waals surface area contributed by atoms with Gasteiger partial charge in [0.1, 0.15) is 11.8 Å². The Morgan fingerprint density at radius 2 is 1.78 bits per heavy atom. The quantitative estimate of drug-likeness (QED) is 0.559. The first-order chi connectivity index (χ1) is 11.3. The Bertz CT molecular complexity index is 843. The number of aromatic nitrogens is 1. The minimum absolute atomic E-state index is 0.245. The second-order valence-corrected chi connectivity index (χ2v) is 6.54. The summed E-state index contributed by atoms with van der Waals surface area (Å²) in [5.74, 6) is 0.245. The van der Waals surface area contributed by atoms with Crippen LogP contribution in [0.1, 0.15) is 35.6 Å². The zero-order chi connectivity index (χ0) is 16.2. The van der Waals surface area contributed by atoms with Crippen LogP contribution in [0.15, 0.2) is 54.6 Å². The molecule has 116 valence electrons. The van der Waals surface area contributed by atoms with E-state index in [4.69, 9.17) is 0 Å². The fourth-order valence-electron chi connectivity index (χ4n) is 3.35. The highest BCUT2D eigenvalue weighted by Gasteiger charge is 2.23. The van der Waals surface area contributed by atoms with Gasteiger partial charge in [-0.2, -0.15) is 5.26 Å². The maximum absolute atomic E-state index is 9.74. The third-order valence-electron chi connectivity index (χ3n) is 4.43. The van der Waals surface area contributed by atoms with Crippen molar-refractivity contribution in [3.63, 3.8) is 0 Å². The Hall–Kier alpha value is -2.05. The lowest BCUT2D eigenvalue weighted by Crippen LogP contribution is -2.04. The van der Waals surface area contributed by atoms with Gasteiger partial charge in [-0.15, -0.1) is 0 Å². The van der Waals surface area contributed by atoms with Gasteiger partial charge >= 0.3 is 0 Å². The Kier molecular flexibility index (Phi) is 4.83. The number of hydrogen-bond acceptors (Lipinski definition) is 1. The molecule has 0 saturated heterocycles. The van der Waals surface area contributed by atoms with Crippen LogP contribution in [0.2, 0.25) is 0 Å². The highest BCUT2D eigenvalue weighted by atomic mass is 79.9. The maximum Gasteiger partial charge on any atom is 0.124 e. The van der Waals surface area contributed by atoms with Gasteiger partial charge in [0.15, 0.2) is 0 Å². The van der Waals surface area contributed by atoms with E-state index in [1.54, 1.807) is 0 Å². The second-order valence-electron chi connectivity index (χ2n) is 5.74. The molecule has 0 radical (unpaired) electrons. The summed E-state index contributed by atoms with van der Waals surface area (Å²) in [7, 11) is 1.98. The lowest BCUT2D eigenvalue weighted by Gasteiger charge is -2.17. The van der Waals surface area contributed by atoms with Crippen molar-refractivity contribution < 1.29 is 0 Å². The van der Waals surface area contributed by atoms with Gasteiger partial charge in [-0.3, -0.25) is 0 Å². The molecule has 2 nitrogen and oxygen atoms in total. The molecule has 0 spiro atoms. The number of para-hydroxylation sites is 1. The number of benzene rings is 2. The van der Waals surface area contributed by atoms with E-state index in [0.29, 0.717) is 0 Å². The summed E-state index contributed by atoms with van der Waals surface area (Å²) in [6.45, 7) is 0. The number of halogens is 1. The van der Waals surface area contributed by atoms with Crippen LogP contribution in [-0.4, -0.2) is 9.90 Å². The van der Waals surface area contributed by atoms with Crippen LogP contribution in [0.25, 0.3) is 10.9 Å². The Labute approximate surface area is 145 Å². The van der Waals surface area contributed by atoms with Crippen LogP contribution in [0.5, 0.6) is 0 Å². The van der Waals surface area contributed by atoms with Crippen LogP contribution in [-0.2, 0) is 7.05 Å². The number of hydrogen-bond donors (Lipinski definition) is 0. The highest BCUT2D eigenvalue weighted by molar-refractivity contribution is 9.09. The van der Waals surface area contributed by atoms with E-state index >= 15 is 0 Å². The number of rotatable bonds is 5. The maximum atomic E-state index is 9.74. The summed E-state index contributed by atoms with van der Waals surface area (Å²) in [6, 6.07) is 21.3. The van der Waals surface area contributed by atoms with Crippen molar-refractivity contribution in [1.82, 2.24) is 4.57 Å². The number of alkyl halides is 1. The monoisotopic (exact) mass is 366 g/mol. The highest BCUT2D eigenvalue weighted by Crippen LogP contribution is 2.37. The van der Waals surface area contributed by atoms with Crippen LogP contribution < -0.4 is 0 Å². The van der Waals surface area contributed by atoms with Crippen molar-refractivity contribution >= 4 is 26.8 Å². The average Bonchev–Trinajstić information content (AvgIpc) is 2.89. The number of nitrogens with zero attached hydrogens (tertiary/aromatic N) is 2. The fraction of sp³-hybridized carbons (Fsp3) is 0.250. The first-order valence-corrected chi connectivity index (χ1v) is 8.98. The Morgan fingerprint density at radius 3 is 2.48 bits per heavy atom. The van der Waals surface area contributed by atoms with E-state index in [1.807, 2.05) is 23.7 Å². The van der Waals surface area contributed by atoms with Crippen molar-refractivity contribution in [2.24, 2.45) is 7.05 Å². The summed E-state index contributed by atoms with van der Waals surface area (Å²) < 4.78 is 2.02. The van der Waals surface area contributed by atoms with E-state index in [-0.39, 0.29) is 5.92 Å². The molecular formula is C20H19BrN2. The Morgan fingerprint density at radius 1 is 1.09 bits per heavy atom. The van der Waals surface area contributed by atoms with Gasteiger partial charge in [-0.05, 0) is 24.5 Å². The fourth-order valence-corrected chi connectivity index (χ4v) is 3.68. The molecule has 23 heavy (non-hydrogen) atoms. The molecule has 0 amide bonds. The lowest BCUT2D eigenvalue weighted by molar-refractivity contribution is 0.704. The molecule has 0 aliphatic rings. The second kappa shape index (κ2) is 7.02. The SMILES string of the molecule is Cn1c(C#N)c(C(CCCBr)c2ccccc2)c2ccccc21. The number of fused-ring (bicyclic) bond motifs is 1. The molecule has 1 aromatic heterocycles. The van der Waals surface area contributed by atoms with Crippen LogP contribution in [0.3, 0.4) is 0 Å². The zero-order valence-corrected chi connectivity index (χ0v) is 14.8. The lowest BCUT2D eigenvalue weighted by atomic mass is 9.86. The standard InChI is InChI=1S/C20H19BrN2/c1-23-18-12-6-5-10-17(18)20(19(23)14-22)16(11-7-13-21)15-8-3-2-4-9-15/h2-6,8-10,12,16H,7,11,13H2,1H3. The Balaban J connectivity index is 2.24. The molecule has 3 aromatic rings. The number of nitriles is 1. The molecule has 0 saturated carbocycles. The molecule has 1 atom stereocenters. The van der Waals surface area contributed by atoms with E-state index in [0.717, 1.165) is 34.9 Å². The predicted octanol–water partition coefficient (Wildman–Crippen LogP) is 5.36. The summed E-state index contributed by atoms with van der Waals surface area (Å²) in [5, 5.41) is 11.9. The largest absolute Gasteiger partial charge is 0.335 e. The average molecular weight is 367 g/mol. The summed E-state index contributed by atoms with van der Waals surface area (Å²) in [4.78, 5) is 0. The van der Waals surface area contributed by atoms with Gasteiger partial charge in [0.25, 0.3) is 0 Å². The molecule has 2 aromatic carbocycles. The van der Waals surface area contributed by atoms with Crippen molar-refractivity contribution in [3.05, 3.63) is 71.4 Å². The topological polar surface area (TPSA) is 28.7 Å². The summed E-state index contributed by atoms with van der Waals surface area (Å²) >= 11 is 3.54. The van der Waals surface area contributed by atoms with Crippen molar-refractivity contribution in [1.29, 1.82) is 5.26 Å². The molecule has 1 heterocycles. The smallest absolute Gasteiger partial charge is 0.124 e. The minimum atomic E-state index is 0.245. The summed E-state index contributed by atoms with van der Waals surface area (Å²) in [6.07, 6.45) is 2.10. The molecule has 3 heteroatoms. The first-order valence-electron chi connectivity index (χ1n) is 7.86. The van der Waals surface area contributed by atoms with E-state index in [1.165, 1.54) is 10.9 Å². The van der Waals surface area contributed by atoms with Crippen LogP contribution in [0.4, 0.5) is 0 Å². The van der Waals surface area contributed by atoms with E-state index < -0.39 is 0 Å². The molecule has 0 aliphatic carbocycles. The van der Waals surface area contributed by atoms with Gasteiger partial charge in [0.2, 0.25) is 0 Å². The molecule has 0 N–H and O–H groups in total. The molecule has 0 bridgehead atoms. The third kappa shape index (κ3) is 2.92. The van der Waals surface area contributed by atoms with E-state index in [2.05, 4.69) is 64.5 Å². The first kappa shape index (κ1) is 15.8. The molecule has 0 aliphatic heterocycles. The molecule has 3 rings (SSSR count). The molecule has 0 fully saturated rings. The van der Waals surface area contributed by atoms with Crippen LogP contribution in [0, 0.1) is 11.3 Å². The van der Waals surface area contributed by atoms with Crippen LogP contribution >= 0.6 is 15.9 Å². The van der Waals surface area contributed by atoms with Gasteiger partial charge in [-0.1, -0.05) is 64.5 Å². The third-order valence-corrected chi connectivity index (χ3v) is 4.99. The van der Waals surface area contributed by atoms with Gasteiger partial charge in [0, 0.05) is 34.8 Å². The molecule has 1 unspecified atom stereocenters. The number of aryl methyl sites for hydroxylation is 1. The molecular weight excluding hydrogens is 348 g/mol.